The van der Waals surface area contributed by atoms with Crippen molar-refractivity contribution in [1.29, 1.82) is 0 Å². The molecule has 0 aliphatic heterocycles. The van der Waals surface area contributed by atoms with Gasteiger partial charge in [-0.15, -0.1) is 0 Å². The second-order valence-electron chi connectivity index (χ2n) is 3.78. The number of aromatic nitrogens is 1. The summed E-state index contributed by atoms with van der Waals surface area (Å²) in [5, 5.41) is 3.04. The van der Waals surface area contributed by atoms with Gasteiger partial charge in [0.1, 0.15) is 12.4 Å². The van der Waals surface area contributed by atoms with E-state index in [0.29, 0.717) is 13.2 Å². The molecule has 16 heavy (non-hydrogen) atoms. The highest BCUT2D eigenvalue weighted by atomic mass is 16.5. The molecule has 1 aromatic rings. The maximum absolute atomic E-state index is 5.48. The van der Waals surface area contributed by atoms with E-state index in [9.17, 15) is 0 Å². The average molecular weight is 224 g/mol. The Hall–Kier alpha value is -1.13. The lowest BCUT2D eigenvalue weighted by atomic mass is 10.3. The first-order chi connectivity index (χ1) is 7.72. The fourth-order valence-corrected chi connectivity index (χ4v) is 1.23. The van der Waals surface area contributed by atoms with Gasteiger partial charge in [0.15, 0.2) is 0 Å². The number of nitrogens with one attached hydrogen (secondary N) is 1. The second-order valence-corrected chi connectivity index (χ2v) is 3.78. The van der Waals surface area contributed by atoms with Crippen LogP contribution in [0.1, 0.15) is 19.5 Å². The molecule has 1 rings (SSSR count). The zero-order chi connectivity index (χ0) is 11.8. The van der Waals surface area contributed by atoms with Crippen LogP contribution in [-0.2, 0) is 11.3 Å². The molecule has 0 saturated carbocycles. The molecule has 4 nitrogen and oxygen atoms in total. The van der Waals surface area contributed by atoms with E-state index in [1.807, 2.05) is 33.0 Å². The van der Waals surface area contributed by atoms with Crippen LogP contribution in [0.25, 0.3) is 0 Å². The summed E-state index contributed by atoms with van der Waals surface area (Å²) in [5.41, 5.74) is 1.01. The molecule has 1 N–H and O–H groups in total. The van der Waals surface area contributed by atoms with Gasteiger partial charge in [-0.05, 0) is 33.0 Å². The monoisotopic (exact) mass is 224 g/mol. The molecular weight excluding hydrogens is 204 g/mol. The third-order valence-electron chi connectivity index (χ3n) is 1.96. The fraction of sp³-hybridized carbons (Fsp3) is 0.583. The van der Waals surface area contributed by atoms with Crippen LogP contribution in [0.4, 0.5) is 0 Å². The highest BCUT2D eigenvalue weighted by Crippen LogP contribution is 2.08. The smallest absolute Gasteiger partial charge is 0.137 e. The van der Waals surface area contributed by atoms with Crippen LogP contribution < -0.4 is 10.1 Å². The van der Waals surface area contributed by atoms with E-state index in [4.69, 9.17) is 9.47 Å². The Kier molecular flexibility index (Phi) is 5.82. The molecule has 1 aromatic heterocycles. The lowest BCUT2D eigenvalue weighted by Crippen LogP contribution is -2.11. The first-order valence-corrected chi connectivity index (χ1v) is 5.56. The molecule has 0 radical (unpaired) electrons. The van der Waals surface area contributed by atoms with Crippen molar-refractivity contribution in [3.05, 3.63) is 24.0 Å². The number of nitrogens with zero attached hydrogens (tertiary/aromatic N) is 1. The summed E-state index contributed by atoms with van der Waals surface area (Å²) < 4.78 is 10.9. The van der Waals surface area contributed by atoms with Crippen molar-refractivity contribution in [2.24, 2.45) is 0 Å². The van der Waals surface area contributed by atoms with Crippen LogP contribution in [0.3, 0.4) is 0 Å². The molecular formula is C12H20N2O2. The van der Waals surface area contributed by atoms with Gasteiger partial charge < -0.3 is 14.8 Å². The van der Waals surface area contributed by atoms with Gasteiger partial charge in [-0.3, -0.25) is 4.98 Å². The Morgan fingerprint density at radius 2 is 2.12 bits per heavy atom. The van der Waals surface area contributed by atoms with Gasteiger partial charge in [-0.25, -0.2) is 0 Å². The molecule has 90 valence electrons. The molecule has 1 heterocycles. The van der Waals surface area contributed by atoms with Crippen LogP contribution in [0.5, 0.6) is 5.75 Å². The molecule has 0 atom stereocenters. The van der Waals surface area contributed by atoms with Gasteiger partial charge in [0.25, 0.3) is 0 Å². The molecule has 4 heteroatoms. The molecule has 0 spiro atoms. The first kappa shape index (κ1) is 12.9. The van der Waals surface area contributed by atoms with E-state index in [2.05, 4.69) is 10.3 Å². The van der Waals surface area contributed by atoms with E-state index in [1.54, 1.807) is 6.20 Å². The minimum Gasteiger partial charge on any atom is -0.490 e. The minimum atomic E-state index is 0.250. The van der Waals surface area contributed by atoms with E-state index >= 15 is 0 Å². The first-order valence-electron chi connectivity index (χ1n) is 5.56. The maximum atomic E-state index is 5.48. The average Bonchev–Trinajstić information content (AvgIpc) is 2.27. The number of pyridine rings is 1. The highest BCUT2D eigenvalue weighted by molar-refractivity contribution is 5.19. The van der Waals surface area contributed by atoms with Gasteiger partial charge >= 0.3 is 0 Å². The minimum absolute atomic E-state index is 0.250. The van der Waals surface area contributed by atoms with Crippen molar-refractivity contribution in [1.82, 2.24) is 10.3 Å². The quantitative estimate of drug-likeness (QED) is 0.714. The molecule has 0 unspecified atom stereocenters. The summed E-state index contributed by atoms with van der Waals surface area (Å²) in [5.74, 6) is 0.784. The number of hydrogen-bond donors (Lipinski definition) is 1. The highest BCUT2D eigenvalue weighted by Gasteiger charge is 1.97. The zero-order valence-electron chi connectivity index (χ0n) is 10.2. The molecule has 0 fully saturated rings. The normalized spacial score (nSPS) is 10.8. The van der Waals surface area contributed by atoms with Crippen molar-refractivity contribution in [3.63, 3.8) is 0 Å². The number of rotatable bonds is 7. The van der Waals surface area contributed by atoms with Gasteiger partial charge in [-0.1, -0.05) is 0 Å². The second kappa shape index (κ2) is 7.19. The summed E-state index contributed by atoms with van der Waals surface area (Å²) in [4.78, 5) is 4.25. The summed E-state index contributed by atoms with van der Waals surface area (Å²) in [6, 6.07) is 3.88. The standard InChI is InChI=1S/C12H20N2O2/c1-10(2)15-6-7-16-12-5-4-11(8-13-3)14-9-12/h4-5,9-10,13H,6-8H2,1-3H3. The predicted octanol–water partition coefficient (Wildman–Crippen LogP) is 1.60. The molecule has 0 bridgehead atoms. The zero-order valence-corrected chi connectivity index (χ0v) is 10.2. The van der Waals surface area contributed by atoms with Crippen LogP contribution in [-0.4, -0.2) is 31.3 Å². The molecule has 0 amide bonds. The van der Waals surface area contributed by atoms with E-state index < -0.39 is 0 Å². The summed E-state index contributed by atoms with van der Waals surface area (Å²) >= 11 is 0. The van der Waals surface area contributed by atoms with Crippen LogP contribution in [0.2, 0.25) is 0 Å². The Morgan fingerprint density at radius 3 is 2.69 bits per heavy atom. The Balaban J connectivity index is 2.26. The molecule has 0 aliphatic rings. The van der Waals surface area contributed by atoms with Crippen LogP contribution in [0, 0.1) is 0 Å². The number of hydrogen-bond acceptors (Lipinski definition) is 4. The van der Waals surface area contributed by atoms with E-state index in [1.165, 1.54) is 0 Å². The lowest BCUT2D eigenvalue weighted by Gasteiger charge is -2.09. The van der Waals surface area contributed by atoms with Crippen molar-refractivity contribution in [3.8, 4) is 5.75 Å². The summed E-state index contributed by atoms with van der Waals surface area (Å²) in [6.45, 7) is 5.96. The van der Waals surface area contributed by atoms with Gasteiger partial charge in [0.2, 0.25) is 0 Å². The molecule has 0 aromatic carbocycles. The molecule has 0 aliphatic carbocycles. The Morgan fingerprint density at radius 1 is 1.31 bits per heavy atom. The maximum Gasteiger partial charge on any atom is 0.137 e. The van der Waals surface area contributed by atoms with Crippen molar-refractivity contribution < 1.29 is 9.47 Å². The van der Waals surface area contributed by atoms with Gasteiger partial charge in [-0.2, -0.15) is 0 Å². The topological polar surface area (TPSA) is 43.4 Å². The van der Waals surface area contributed by atoms with Crippen molar-refractivity contribution >= 4 is 0 Å². The Labute approximate surface area is 97.0 Å². The SMILES string of the molecule is CNCc1ccc(OCCOC(C)C)cn1. The third-order valence-corrected chi connectivity index (χ3v) is 1.96. The molecule has 0 saturated heterocycles. The predicted molar refractivity (Wildman–Crippen MR) is 63.6 cm³/mol. The van der Waals surface area contributed by atoms with Crippen molar-refractivity contribution in [2.75, 3.05) is 20.3 Å². The lowest BCUT2D eigenvalue weighted by molar-refractivity contribution is 0.0552. The third kappa shape index (κ3) is 5.09. The number of ether oxygens (including phenoxy) is 2. The van der Waals surface area contributed by atoms with Crippen LogP contribution >= 0.6 is 0 Å². The van der Waals surface area contributed by atoms with Crippen molar-refractivity contribution in [2.45, 2.75) is 26.5 Å². The summed E-state index contributed by atoms with van der Waals surface area (Å²) in [6.07, 6.45) is 1.99. The van der Waals surface area contributed by atoms with Gasteiger partial charge in [0.05, 0.1) is 24.6 Å². The fourth-order valence-electron chi connectivity index (χ4n) is 1.23. The Bertz CT molecular complexity index is 286. The van der Waals surface area contributed by atoms with Gasteiger partial charge in [0, 0.05) is 6.54 Å². The largest absolute Gasteiger partial charge is 0.490 e. The van der Waals surface area contributed by atoms with E-state index in [-0.39, 0.29) is 6.10 Å². The summed E-state index contributed by atoms with van der Waals surface area (Å²) in [7, 11) is 1.90. The van der Waals surface area contributed by atoms with Crippen LogP contribution in [0.15, 0.2) is 18.3 Å². The van der Waals surface area contributed by atoms with E-state index in [0.717, 1.165) is 18.0 Å².